The fourth-order valence-corrected chi connectivity index (χ4v) is 2.85. The van der Waals surface area contributed by atoms with Gasteiger partial charge in [0.25, 0.3) is 5.69 Å². The van der Waals surface area contributed by atoms with E-state index in [0.29, 0.717) is 6.42 Å². The molecule has 0 spiro atoms. The van der Waals surface area contributed by atoms with E-state index in [4.69, 9.17) is 16.7 Å². The van der Waals surface area contributed by atoms with E-state index in [9.17, 15) is 18.5 Å². The van der Waals surface area contributed by atoms with Gasteiger partial charge in [0, 0.05) is 12.1 Å². The van der Waals surface area contributed by atoms with Crippen molar-refractivity contribution in [3.8, 4) is 0 Å². The van der Waals surface area contributed by atoms with Crippen molar-refractivity contribution >= 4 is 27.3 Å². The molecule has 9 heteroatoms. The van der Waals surface area contributed by atoms with Gasteiger partial charge >= 0.3 is 0 Å². The molecule has 2 N–H and O–H groups in total. The predicted molar refractivity (Wildman–Crippen MR) is 69.6 cm³/mol. The molecule has 0 radical (unpaired) electrons. The highest BCUT2D eigenvalue weighted by molar-refractivity contribution is 7.89. The molecule has 0 amide bonds. The molecule has 7 nitrogen and oxygen atoms in total. The predicted octanol–water partition coefficient (Wildman–Crippen LogP) is 1.30. The standard InChI is InChI=1S/C10H13ClN2O5S/c1-2-7(6-14)12-19(17,18)8-3-4-9(11)10(5-8)13(15)16/h3-5,7,12,14H,2,6H2,1H3. The Hall–Kier alpha value is -1.22. The molecule has 0 aromatic heterocycles. The van der Waals surface area contributed by atoms with Gasteiger partial charge < -0.3 is 5.11 Å². The molecule has 0 saturated carbocycles. The molecule has 0 saturated heterocycles. The topological polar surface area (TPSA) is 110 Å². The molecule has 19 heavy (non-hydrogen) atoms. The van der Waals surface area contributed by atoms with Crippen molar-refractivity contribution in [1.82, 2.24) is 4.72 Å². The maximum atomic E-state index is 12.0. The Morgan fingerprint density at radius 1 is 1.53 bits per heavy atom. The molecule has 0 aliphatic rings. The summed E-state index contributed by atoms with van der Waals surface area (Å²) in [6, 6.07) is 2.56. The van der Waals surface area contributed by atoms with Crippen molar-refractivity contribution in [2.75, 3.05) is 6.61 Å². The highest BCUT2D eigenvalue weighted by Crippen LogP contribution is 2.27. The van der Waals surface area contributed by atoms with E-state index in [0.717, 1.165) is 12.1 Å². The second kappa shape index (κ2) is 6.29. The van der Waals surface area contributed by atoms with Crippen molar-refractivity contribution in [2.45, 2.75) is 24.3 Å². The van der Waals surface area contributed by atoms with Gasteiger partial charge in [0.15, 0.2) is 0 Å². The Morgan fingerprint density at radius 3 is 2.63 bits per heavy atom. The van der Waals surface area contributed by atoms with Crippen LogP contribution in [0, 0.1) is 10.1 Å². The SMILES string of the molecule is CCC(CO)NS(=O)(=O)c1ccc(Cl)c([N+](=O)[O-])c1. The Balaban J connectivity index is 3.15. The highest BCUT2D eigenvalue weighted by atomic mass is 35.5. The van der Waals surface area contributed by atoms with E-state index in [1.54, 1.807) is 6.92 Å². The lowest BCUT2D eigenvalue weighted by Gasteiger charge is -2.14. The summed E-state index contributed by atoms with van der Waals surface area (Å²) in [6.45, 7) is 1.35. The molecule has 106 valence electrons. The van der Waals surface area contributed by atoms with Gasteiger partial charge in [-0.2, -0.15) is 0 Å². The van der Waals surface area contributed by atoms with E-state index in [2.05, 4.69) is 4.72 Å². The number of sulfonamides is 1. The number of hydrogen-bond donors (Lipinski definition) is 2. The minimum Gasteiger partial charge on any atom is -0.395 e. The van der Waals surface area contributed by atoms with Gasteiger partial charge in [-0.3, -0.25) is 10.1 Å². The van der Waals surface area contributed by atoms with E-state index in [1.165, 1.54) is 6.07 Å². The molecular weight excluding hydrogens is 296 g/mol. The summed E-state index contributed by atoms with van der Waals surface area (Å²) in [7, 11) is -3.93. The lowest BCUT2D eigenvalue weighted by Crippen LogP contribution is -2.36. The van der Waals surface area contributed by atoms with E-state index >= 15 is 0 Å². The summed E-state index contributed by atoms with van der Waals surface area (Å²) in [5.74, 6) is 0. The molecular formula is C10H13ClN2O5S. The second-order valence-electron chi connectivity index (χ2n) is 3.78. The van der Waals surface area contributed by atoms with Crippen LogP contribution in [0.5, 0.6) is 0 Å². The van der Waals surface area contributed by atoms with Crippen LogP contribution < -0.4 is 4.72 Å². The summed E-state index contributed by atoms with van der Waals surface area (Å²) >= 11 is 5.60. The van der Waals surface area contributed by atoms with Gasteiger partial charge in [-0.05, 0) is 18.6 Å². The first-order valence-electron chi connectivity index (χ1n) is 5.39. The van der Waals surface area contributed by atoms with Gasteiger partial charge in [-0.25, -0.2) is 13.1 Å². The van der Waals surface area contributed by atoms with Crippen molar-refractivity contribution < 1.29 is 18.4 Å². The summed E-state index contributed by atoms with van der Waals surface area (Å²) < 4.78 is 26.2. The van der Waals surface area contributed by atoms with Crippen LogP contribution in [0.2, 0.25) is 5.02 Å². The Morgan fingerprint density at radius 2 is 2.16 bits per heavy atom. The Labute approximate surface area is 115 Å². The molecule has 0 bridgehead atoms. The summed E-state index contributed by atoms with van der Waals surface area (Å²) in [5, 5.41) is 19.5. The van der Waals surface area contributed by atoms with Gasteiger partial charge in [-0.1, -0.05) is 18.5 Å². The largest absolute Gasteiger partial charge is 0.395 e. The van der Waals surface area contributed by atoms with Crippen molar-refractivity contribution in [3.63, 3.8) is 0 Å². The normalized spacial score (nSPS) is 13.2. The number of nitro groups is 1. The van der Waals surface area contributed by atoms with Gasteiger partial charge in [-0.15, -0.1) is 0 Å². The fraction of sp³-hybridized carbons (Fsp3) is 0.400. The first kappa shape index (κ1) is 15.8. The molecule has 0 aliphatic carbocycles. The third-order valence-corrected chi connectivity index (χ3v) is 4.30. The second-order valence-corrected chi connectivity index (χ2v) is 5.90. The average molecular weight is 309 g/mol. The van der Waals surface area contributed by atoms with Crippen molar-refractivity contribution in [3.05, 3.63) is 33.3 Å². The van der Waals surface area contributed by atoms with E-state index in [-0.39, 0.29) is 16.5 Å². The van der Waals surface area contributed by atoms with E-state index < -0.39 is 26.7 Å². The van der Waals surface area contributed by atoms with Crippen LogP contribution in [0.15, 0.2) is 23.1 Å². The third-order valence-electron chi connectivity index (χ3n) is 2.46. The zero-order chi connectivity index (χ0) is 14.6. The first-order valence-corrected chi connectivity index (χ1v) is 7.25. The zero-order valence-corrected chi connectivity index (χ0v) is 11.6. The summed E-state index contributed by atoms with van der Waals surface area (Å²) in [4.78, 5) is 9.67. The summed E-state index contributed by atoms with van der Waals surface area (Å²) in [6.07, 6.45) is 0.394. The fourth-order valence-electron chi connectivity index (χ4n) is 1.34. The number of halogens is 1. The minimum atomic E-state index is -3.93. The summed E-state index contributed by atoms with van der Waals surface area (Å²) in [5.41, 5.74) is -0.485. The van der Waals surface area contributed by atoms with Crippen LogP contribution in [0.3, 0.4) is 0 Å². The first-order chi connectivity index (χ1) is 8.81. The average Bonchev–Trinajstić information content (AvgIpc) is 2.35. The highest BCUT2D eigenvalue weighted by Gasteiger charge is 2.22. The number of nitrogens with one attached hydrogen (secondary N) is 1. The van der Waals surface area contributed by atoms with Crippen LogP contribution in [-0.2, 0) is 10.0 Å². The van der Waals surface area contributed by atoms with Crippen molar-refractivity contribution in [2.24, 2.45) is 0 Å². The molecule has 0 fully saturated rings. The number of nitro benzene ring substituents is 1. The molecule has 1 unspecified atom stereocenters. The smallest absolute Gasteiger partial charge is 0.289 e. The van der Waals surface area contributed by atoms with E-state index in [1.807, 2.05) is 0 Å². The van der Waals surface area contributed by atoms with Crippen LogP contribution in [0.4, 0.5) is 5.69 Å². The van der Waals surface area contributed by atoms with Crippen LogP contribution in [0.25, 0.3) is 0 Å². The number of aliphatic hydroxyl groups is 1. The Kier molecular flexibility index (Phi) is 5.24. The molecule has 1 atom stereocenters. The molecule has 1 aromatic rings. The maximum Gasteiger partial charge on any atom is 0.289 e. The lowest BCUT2D eigenvalue weighted by atomic mass is 10.3. The lowest BCUT2D eigenvalue weighted by molar-refractivity contribution is -0.384. The van der Waals surface area contributed by atoms with Gasteiger partial charge in [0.2, 0.25) is 10.0 Å². The van der Waals surface area contributed by atoms with Crippen molar-refractivity contribution in [1.29, 1.82) is 0 Å². The third kappa shape index (κ3) is 3.87. The molecule has 0 aliphatic heterocycles. The maximum absolute atomic E-state index is 12.0. The quantitative estimate of drug-likeness (QED) is 0.608. The number of hydrogen-bond acceptors (Lipinski definition) is 5. The number of rotatable bonds is 6. The molecule has 0 heterocycles. The van der Waals surface area contributed by atoms with Gasteiger partial charge in [0.05, 0.1) is 16.4 Å². The molecule has 1 aromatic carbocycles. The van der Waals surface area contributed by atoms with Gasteiger partial charge in [0.1, 0.15) is 5.02 Å². The Bertz CT molecular complexity index is 571. The van der Waals surface area contributed by atoms with Crippen LogP contribution >= 0.6 is 11.6 Å². The number of benzene rings is 1. The zero-order valence-electron chi connectivity index (χ0n) is 10.0. The minimum absolute atomic E-state index is 0.141. The van der Waals surface area contributed by atoms with Crippen LogP contribution in [0.1, 0.15) is 13.3 Å². The molecule has 1 rings (SSSR count). The number of nitrogens with zero attached hydrogens (tertiary/aromatic N) is 1. The number of aliphatic hydroxyl groups excluding tert-OH is 1. The van der Waals surface area contributed by atoms with Crippen LogP contribution in [-0.4, -0.2) is 31.1 Å². The monoisotopic (exact) mass is 308 g/mol.